The summed E-state index contributed by atoms with van der Waals surface area (Å²) in [5.74, 6) is -3.16. The molecule has 8 heteroatoms. The van der Waals surface area contributed by atoms with Gasteiger partial charge in [0.05, 0.1) is 11.2 Å². The van der Waals surface area contributed by atoms with Crippen molar-refractivity contribution in [1.82, 2.24) is 5.32 Å². The van der Waals surface area contributed by atoms with Crippen LogP contribution in [0.25, 0.3) is 11.6 Å². The Bertz CT molecular complexity index is 1280. The van der Waals surface area contributed by atoms with Crippen molar-refractivity contribution in [2.45, 2.75) is 39.7 Å². The summed E-state index contributed by atoms with van der Waals surface area (Å²) >= 11 is 0. The number of imide groups is 2. The summed E-state index contributed by atoms with van der Waals surface area (Å²) in [5.41, 5.74) is 1.75. The molecule has 1 saturated heterocycles. The lowest BCUT2D eigenvalue weighted by Gasteiger charge is -2.43. The van der Waals surface area contributed by atoms with Crippen LogP contribution in [0.2, 0.25) is 0 Å². The second kappa shape index (κ2) is 8.52. The zero-order valence-electron chi connectivity index (χ0n) is 19.4. The van der Waals surface area contributed by atoms with Crippen molar-refractivity contribution in [2.75, 3.05) is 16.3 Å². The zero-order chi connectivity index (χ0) is 24.8. The van der Waals surface area contributed by atoms with Gasteiger partial charge in [0.25, 0.3) is 11.8 Å². The van der Waals surface area contributed by atoms with Gasteiger partial charge in [-0.3, -0.25) is 14.9 Å². The second-order valence-electron chi connectivity index (χ2n) is 8.96. The molecule has 1 N–H and O–H groups in total. The SMILES string of the molecule is CCCN1c2cc(F)c(/C=C3/C(=O)NC(=O)N(c4cccc(F)c4)C3=O)cc2C(C)=CC1(C)C. The lowest BCUT2D eigenvalue weighted by molar-refractivity contribution is -0.122. The number of halogens is 2. The van der Waals surface area contributed by atoms with E-state index in [2.05, 4.69) is 37.1 Å². The molecular weight excluding hydrogens is 440 g/mol. The van der Waals surface area contributed by atoms with Gasteiger partial charge >= 0.3 is 6.03 Å². The third-order valence-corrected chi connectivity index (χ3v) is 6.01. The van der Waals surface area contributed by atoms with Crippen LogP contribution in [0.15, 0.2) is 48.0 Å². The summed E-state index contributed by atoms with van der Waals surface area (Å²) in [7, 11) is 0. The molecule has 2 aromatic rings. The maximum atomic E-state index is 15.3. The molecule has 0 aromatic heterocycles. The average Bonchev–Trinajstić information content (AvgIpc) is 2.74. The number of amides is 4. The molecule has 2 aromatic carbocycles. The maximum absolute atomic E-state index is 15.3. The molecule has 0 saturated carbocycles. The Labute approximate surface area is 196 Å². The van der Waals surface area contributed by atoms with E-state index in [1.165, 1.54) is 24.3 Å². The summed E-state index contributed by atoms with van der Waals surface area (Å²) in [6.45, 7) is 8.84. The van der Waals surface area contributed by atoms with Crippen LogP contribution in [0.3, 0.4) is 0 Å². The Balaban J connectivity index is 1.79. The Hall–Kier alpha value is -3.81. The Morgan fingerprint density at radius 3 is 2.50 bits per heavy atom. The summed E-state index contributed by atoms with van der Waals surface area (Å²) in [6.07, 6.45) is 4.10. The molecule has 0 atom stereocenters. The Morgan fingerprint density at radius 1 is 1.09 bits per heavy atom. The highest BCUT2D eigenvalue weighted by molar-refractivity contribution is 6.39. The molecule has 0 spiro atoms. The number of hydrogen-bond acceptors (Lipinski definition) is 4. The van der Waals surface area contributed by atoms with Crippen LogP contribution in [0.1, 0.15) is 45.2 Å². The quantitative estimate of drug-likeness (QED) is 0.507. The van der Waals surface area contributed by atoms with Crippen LogP contribution in [0, 0.1) is 11.6 Å². The topological polar surface area (TPSA) is 69.7 Å². The third kappa shape index (κ3) is 4.00. The standard InChI is InChI=1S/C26H25F2N3O3/c1-5-9-30-22-13-21(28)16(10-19(22)15(2)14-26(30,3)4)11-20-23(32)29-25(34)31(24(20)33)18-8-6-7-17(27)12-18/h6-8,10-14H,5,9H2,1-4H3,(H,29,32,34)/b20-11-. The van der Waals surface area contributed by atoms with Crippen molar-refractivity contribution in [2.24, 2.45) is 0 Å². The lowest BCUT2D eigenvalue weighted by Crippen LogP contribution is -2.54. The fraction of sp³-hybridized carbons (Fsp3) is 0.269. The Kier molecular flexibility index (Phi) is 5.85. The van der Waals surface area contributed by atoms with Gasteiger partial charge in [-0.15, -0.1) is 0 Å². The molecule has 1 fully saturated rings. The molecule has 0 aliphatic carbocycles. The Morgan fingerprint density at radius 2 is 1.82 bits per heavy atom. The predicted molar refractivity (Wildman–Crippen MR) is 127 cm³/mol. The van der Waals surface area contributed by atoms with Crippen LogP contribution in [-0.2, 0) is 9.59 Å². The lowest BCUT2D eigenvalue weighted by atomic mass is 9.87. The number of carbonyl (C=O) groups is 3. The number of nitrogens with zero attached hydrogens (tertiary/aromatic N) is 2. The number of barbiturate groups is 1. The van der Waals surface area contributed by atoms with Gasteiger partial charge in [0.2, 0.25) is 0 Å². The highest BCUT2D eigenvalue weighted by Crippen LogP contribution is 2.40. The van der Waals surface area contributed by atoms with E-state index in [-0.39, 0.29) is 16.8 Å². The fourth-order valence-electron chi connectivity index (χ4n) is 4.52. The molecule has 2 aliphatic rings. The van der Waals surface area contributed by atoms with E-state index in [9.17, 15) is 18.8 Å². The molecule has 2 heterocycles. The molecule has 34 heavy (non-hydrogen) atoms. The van der Waals surface area contributed by atoms with Gasteiger partial charge in [-0.25, -0.2) is 18.5 Å². The van der Waals surface area contributed by atoms with Gasteiger partial charge in [0, 0.05) is 23.4 Å². The van der Waals surface area contributed by atoms with Crippen molar-refractivity contribution in [1.29, 1.82) is 0 Å². The summed E-state index contributed by atoms with van der Waals surface area (Å²) in [5, 5.41) is 2.07. The molecule has 0 radical (unpaired) electrons. The first-order valence-electron chi connectivity index (χ1n) is 11.0. The van der Waals surface area contributed by atoms with E-state index in [1.807, 2.05) is 6.92 Å². The normalized spacial score (nSPS) is 18.7. The van der Waals surface area contributed by atoms with E-state index < -0.39 is 35.1 Å². The molecule has 176 valence electrons. The first-order valence-corrected chi connectivity index (χ1v) is 11.0. The van der Waals surface area contributed by atoms with Crippen molar-refractivity contribution in [3.63, 3.8) is 0 Å². The van der Waals surface area contributed by atoms with Crippen LogP contribution in [0.4, 0.5) is 25.0 Å². The minimum absolute atomic E-state index is 0.0368. The molecule has 4 rings (SSSR count). The fourth-order valence-corrected chi connectivity index (χ4v) is 4.52. The number of rotatable bonds is 4. The zero-order valence-corrected chi connectivity index (χ0v) is 19.4. The molecule has 2 aliphatic heterocycles. The number of nitrogens with one attached hydrogen (secondary N) is 1. The number of hydrogen-bond donors (Lipinski definition) is 1. The highest BCUT2D eigenvalue weighted by Gasteiger charge is 2.37. The van der Waals surface area contributed by atoms with Crippen molar-refractivity contribution in [3.05, 3.63) is 70.8 Å². The first kappa shape index (κ1) is 23.4. The van der Waals surface area contributed by atoms with Crippen LogP contribution < -0.4 is 15.1 Å². The summed E-state index contributed by atoms with van der Waals surface area (Å²) < 4.78 is 28.9. The minimum Gasteiger partial charge on any atom is -0.362 e. The van der Waals surface area contributed by atoms with Gasteiger partial charge in [-0.2, -0.15) is 0 Å². The van der Waals surface area contributed by atoms with Crippen molar-refractivity contribution in [3.8, 4) is 0 Å². The number of benzene rings is 2. The van der Waals surface area contributed by atoms with Gasteiger partial charge in [-0.1, -0.05) is 19.1 Å². The van der Waals surface area contributed by atoms with Crippen LogP contribution >= 0.6 is 0 Å². The van der Waals surface area contributed by atoms with E-state index >= 15 is 4.39 Å². The molecule has 4 amide bonds. The van der Waals surface area contributed by atoms with Crippen LogP contribution in [-0.4, -0.2) is 29.9 Å². The van der Waals surface area contributed by atoms with E-state index in [0.29, 0.717) is 4.90 Å². The summed E-state index contributed by atoms with van der Waals surface area (Å²) in [4.78, 5) is 40.6. The largest absolute Gasteiger partial charge is 0.362 e. The number of allylic oxidation sites excluding steroid dienone is 1. The smallest absolute Gasteiger partial charge is 0.335 e. The number of anilines is 2. The van der Waals surface area contributed by atoms with Gasteiger partial charge in [0.1, 0.15) is 17.2 Å². The van der Waals surface area contributed by atoms with Gasteiger partial charge in [0.15, 0.2) is 0 Å². The third-order valence-electron chi connectivity index (χ3n) is 6.01. The molecule has 0 unspecified atom stereocenters. The van der Waals surface area contributed by atoms with Crippen molar-refractivity contribution < 1.29 is 23.2 Å². The minimum atomic E-state index is -1.00. The number of fused-ring (bicyclic) bond motifs is 1. The van der Waals surface area contributed by atoms with E-state index in [1.54, 1.807) is 6.07 Å². The van der Waals surface area contributed by atoms with Crippen molar-refractivity contribution >= 4 is 40.9 Å². The molecule has 0 bridgehead atoms. The van der Waals surface area contributed by atoms with Gasteiger partial charge < -0.3 is 4.90 Å². The van der Waals surface area contributed by atoms with E-state index in [0.717, 1.165) is 41.9 Å². The molecular formula is C26H25F2N3O3. The maximum Gasteiger partial charge on any atom is 0.335 e. The second-order valence-corrected chi connectivity index (χ2v) is 8.96. The van der Waals surface area contributed by atoms with E-state index in [4.69, 9.17) is 0 Å². The highest BCUT2D eigenvalue weighted by atomic mass is 19.1. The first-order chi connectivity index (χ1) is 16.0. The summed E-state index contributed by atoms with van der Waals surface area (Å²) in [6, 6.07) is 6.89. The predicted octanol–water partition coefficient (Wildman–Crippen LogP) is 5.04. The van der Waals surface area contributed by atoms with Crippen LogP contribution in [0.5, 0.6) is 0 Å². The molecule has 6 nitrogen and oxygen atoms in total. The number of urea groups is 1. The van der Waals surface area contributed by atoms with Gasteiger partial charge in [-0.05, 0) is 69.2 Å². The number of carbonyl (C=O) groups excluding carboxylic acids is 3. The monoisotopic (exact) mass is 465 g/mol. The average molecular weight is 466 g/mol.